The predicted octanol–water partition coefficient (Wildman–Crippen LogP) is 1.91. The molecule has 58 valence electrons. The second-order valence-corrected chi connectivity index (χ2v) is 3.00. The highest BCUT2D eigenvalue weighted by Crippen LogP contribution is 2.24. The van der Waals surface area contributed by atoms with Crippen LogP contribution in [0.15, 0.2) is 12.2 Å². The van der Waals surface area contributed by atoms with E-state index in [9.17, 15) is 8.78 Å². The van der Waals surface area contributed by atoms with Gasteiger partial charge in [-0.2, -0.15) is 0 Å². The molecule has 2 unspecified atom stereocenters. The van der Waals surface area contributed by atoms with E-state index in [2.05, 4.69) is 5.32 Å². The molecule has 0 aliphatic carbocycles. The standard InChI is InChI=1S/C7H11F2N/c1-6(8)4-3-5-7(2,9)10-6/h3-4,10H,5H2,1-2H3. The van der Waals surface area contributed by atoms with E-state index in [1.54, 1.807) is 0 Å². The lowest BCUT2D eigenvalue weighted by atomic mass is 10.1. The minimum Gasteiger partial charge on any atom is -0.250 e. The summed E-state index contributed by atoms with van der Waals surface area (Å²) in [6.45, 7) is 2.62. The van der Waals surface area contributed by atoms with Crippen molar-refractivity contribution in [3.05, 3.63) is 12.2 Å². The van der Waals surface area contributed by atoms with Gasteiger partial charge in [0.2, 0.25) is 0 Å². The van der Waals surface area contributed by atoms with Gasteiger partial charge in [0, 0.05) is 6.42 Å². The summed E-state index contributed by atoms with van der Waals surface area (Å²) in [6, 6.07) is 0. The van der Waals surface area contributed by atoms with Crippen LogP contribution in [0.2, 0.25) is 0 Å². The third-order valence-corrected chi connectivity index (χ3v) is 1.44. The Morgan fingerprint density at radius 3 is 2.30 bits per heavy atom. The van der Waals surface area contributed by atoms with Crippen LogP contribution < -0.4 is 5.32 Å². The van der Waals surface area contributed by atoms with Crippen LogP contribution in [-0.2, 0) is 0 Å². The monoisotopic (exact) mass is 147 g/mol. The van der Waals surface area contributed by atoms with Gasteiger partial charge in [-0.05, 0) is 19.9 Å². The maximum Gasteiger partial charge on any atom is 0.179 e. The zero-order valence-electron chi connectivity index (χ0n) is 6.12. The average molecular weight is 147 g/mol. The van der Waals surface area contributed by atoms with Gasteiger partial charge in [0.25, 0.3) is 0 Å². The molecule has 2 atom stereocenters. The summed E-state index contributed by atoms with van der Waals surface area (Å²) in [5.74, 6) is -3.29. The first-order chi connectivity index (χ1) is 4.41. The van der Waals surface area contributed by atoms with Gasteiger partial charge in [-0.15, -0.1) is 0 Å². The van der Waals surface area contributed by atoms with Gasteiger partial charge in [-0.3, -0.25) is 0 Å². The van der Waals surface area contributed by atoms with Gasteiger partial charge < -0.3 is 0 Å². The molecule has 10 heavy (non-hydrogen) atoms. The van der Waals surface area contributed by atoms with Crippen molar-refractivity contribution in [3.8, 4) is 0 Å². The van der Waals surface area contributed by atoms with Gasteiger partial charge in [-0.1, -0.05) is 6.08 Å². The summed E-state index contributed by atoms with van der Waals surface area (Å²) in [5, 5.41) is 2.21. The van der Waals surface area contributed by atoms with Gasteiger partial charge in [0.05, 0.1) is 0 Å². The zero-order chi connectivity index (χ0) is 7.83. The second-order valence-electron chi connectivity index (χ2n) is 3.00. The van der Waals surface area contributed by atoms with Crippen molar-refractivity contribution in [2.75, 3.05) is 0 Å². The van der Waals surface area contributed by atoms with E-state index in [1.807, 2.05) is 0 Å². The van der Waals surface area contributed by atoms with E-state index >= 15 is 0 Å². The molecule has 0 spiro atoms. The van der Waals surface area contributed by atoms with Crippen LogP contribution >= 0.6 is 0 Å². The normalized spacial score (nSPS) is 47.6. The quantitative estimate of drug-likeness (QED) is 0.407. The van der Waals surface area contributed by atoms with Crippen molar-refractivity contribution >= 4 is 0 Å². The second kappa shape index (κ2) is 2.02. The number of alkyl halides is 2. The maximum absolute atomic E-state index is 13.0. The highest BCUT2D eigenvalue weighted by atomic mass is 19.2. The highest BCUT2D eigenvalue weighted by molar-refractivity contribution is 5.06. The summed E-state index contributed by atoms with van der Waals surface area (Å²) >= 11 is 0. The highest BCUT2D eigenvalue weighted by Gasteiger charge is 2.34. The van der Waals surface area contributed by atoms with Gasteiger partial charge in [-0.25, -0.2) is 14.1 Å². The average Bonchev–Trinajstić information content (AvgIpc) is 1.56. The molecular formula is C7H11F2N. The van der Waals surface area contributed by atoms with Gasteiger partial charge in [0.15, 0.2) is 11.6 Å². The van der Waals surface area contributed by atoms with Crippen LogP contribution in [0.1, 0.15) is 20.3 Å². The molecule has 1 N–H and O–H groups in total. The summed E-state index contributed by atoms with van der Waals surface area (Å²) in [4.78, 5) is 0. The van der Waals surface area contributed by atoms with E-state index in [1.165, 1.54) is 26.0 Å². The Morgan fingerprint density at radius 2 is 2.00 bits per heavy atom. The summed E-state index contributed by atoms with van der Waals surface area (Å²) in [5.41, 5.74) is 0. The van der Waals surface area contributed by atoms with Crippen molar-refractivity contribution in [1.29, 1.82) is 0 Å². The first-order valence-electron chi connectivity index (χ1n) is 3.26. The third-order valence-electron chi connectivity index (χ3n) is 1.44. The van der Waals surface area contributed by atoms with Crippen molar-refractivity contribution < 1.29 is 8.78 Å². The van der Waals surface area contributed by atoms with Gasteiger partial charge in [0.1, 0.15) is 0 Å². The first kappa shape index (κ1) is 7.66. The van der Waals surface area contributed by atoms with E-state index < -0.39 is 11.6 Å². The lowest BCUT2D eigenvalue weighted by molar-refractivity contribution is 0.0398. The van der Waals surface area contributed by atoms with Crippen LogP contribution in [0.5, 0.6) is 0 Å². The minimum absolute atomic E-state index is 0.229. The maximum atomic E-state index is 13.0. The molecule has 0 fully saturated rings. The van der Waals surface area contributed by atoms with E-state index in [-0.39, 0.29) is 6.42 Å². The van der Waals surface area contributed by atoms with Crippen molar-refractivity contribution in [2.24, 2.45) is 0 Å². The van der Waals surface area contributed by atoms with Crippen LogP contribution in [0.4, 0.5) is 8.78 Å². The molecule has 1 aliphatic rings. The number of rotatable bonds is 0. The molecular weight excluding hydrogens is 136 g/mol. The number of hydrogen-bond donors (Lipinski definition) is 1. The van der Waals surface area contributed by atoms with Crippen molar-refractivity contribution in [3.63, 3.8) is 0 Å². The summed E-state index contributed by atoms with van der Waals surface area (Å²) in [6.07, 6.45) is 3.07. The predicted molar refractivity (Wildman–Crippen MR) is 35.9 cm³/mol. The molecule has 0 aromatic carbocycles. The molecule has 3 heteroatoms. The van der Waals surface area contributed by atoms with Crippen LogP contribution in [-0.4, -0.2) is 11.6 Å². The Kier molecular flexibility index (Phi) is 1.55. The Balaban J connectivity index is 2.73. The number of nitrogens with one attached hydrogen (secondary N) is 1. The zero-order valence-corrected chi connectivity index (χ0v) is 6.12. The van der Waals surface area contributed by atoms with Crippen LogP contribution in [0, 0.1) is 0 Å². The minimum atomic E-state index is -1.69. The molecule has 1 heterocycles. The molecule has 0 bridgehead atoms. The van der Waals surface area contributed by atoms with E-state index in [0.717, 1.165) is 0 Å². The fraction of sp³-hybridized carbons (Fsp3) is 0.714. The fourth-order valence-corrected chi connectivity index (χ4v) is 1.10. The molecule has 0 radical (unpaired) electrons. The van der Waals surface area contributed by atoms with E-state index in [0.29, 0.717) is 0 Å². The molecule has 0 aromatic heterocycles. The SMILES string of the molecule is CC1(F)C=CCC(C)(F)N1. The van der Waals surface area contributed by atoms with Gasteiger partial charge >= 0.3 is 0 Å². The van der Waals surface area contributed by atoms with E-state index in [4.69, 9.17) is 0 Å². The molecule has 0 aromatic rings. The lowest BCUT2D eigenvalue weighted by Gasteiger charge is -2.31. The van der Waals surface area contributed by atoms with Crippen molar-refractivity contribution in [2.45, 2.75) is 31.9 Å². The van der Waals surface area contributed by atoms with Crippen LogP contribution in [0.3, 0.4) is 0 Å². The number of halogens is 2. The lowest BCUT2D eigenvalue weighted by Crippen LogP contribution is -2.51. The fourth-order valence-electron chi connectivity index (χ4n) is 1.10. The first-order valence-corrected chi connectivity index (χ1v) is 3.26. The molecule has 1 nitrogen and oxygen atoms in total. The Bertz CT molecular complexity index is 161. The molecule has 0 saturated carbocycles. The Labute approximate surface area is 59.1 Å². The summed E-state index contributed by atoms with van der Waals surface area (Å²) in [7, 11) is 0. The molecule has 1 rings (SSSR count). The summed E-state index contributed by atoms with van der Waals surface area (Å²) < 4.78 is 25.9. The topological polar surface area (TPSA) is 12.0 Å². The largest absolute Gasteiger partial charge is 0.250 e. The Morgan fingerprint density at radius 1 is 1.40 bits per heavy atom. The smallest absolute Gasteiger partial charge is 0.179 e. The Hall–Kier alpha value is -0.440. The molecule has 1 aliphatic heterocycles. The number of hydrogen-bond acceptors (Lipinski definition) is 1. The van der Waals surface area contributed by atoms with Crippen molar-refractivity contribution in [1.82, 2.24) is 5.32 Å². The molecule has 0 saturated heterocycles. The third kappa shape index (κ3) is 1.77. The molecule has 0 amide bonds. The van der Waals surface area contributed by atoms with Crippen LogP contribution in [0.25, 0.3) is 0 Å².